The molecule has 1 amide bonds. The fourth-order valence-electron chi connectivity index (χ4n) is 4.52. The number of likely N-dealkylation sites (tertiary alicyclic amines) is 1. The molecule has 2 aromatic heterocycles. The minimum Gasteiger partial charge on any atom is -0.382 e. The van der Waals surface area contributed by atoms with Gasteiger partial charge < -0.3 is 15.6 Å². The number of carbonyl (C=O) groups is 1. The number of benzene rings is 1. The van der Waals surface area contributed by atoms with Crippen LogP contribution in [0.15, 0.2) is 30.6 Å². The van der Waals surface area contributed by atoms with Gasteiger partial charge in [-0.2, -0.15) is 0 Å². The Kier molecular flexibility index (Phi) is 4.24. The number of nitrogens with one attached hydrogen (secondary N) is 1. The van der Waals surface area contributed by atoms with Crippen molar-refractivity contribution in [1.29, 1.82) is 0 Å². The second-order valence-corrected chi connectivity index (χ2v) is 7.65. The van der Waals surface area contributed by atoms with Crippen LogP contribution in [0.3, 0.4) is 0 Å². The maximum Gasteiger partial charge on any atom is 0.238 e. The van der Waals surface area contributed by atoms with Crippen LogP contribution >= 0.6 is 0 Å². The number of amides is 1. The molecule has 0 radical (unpaired) electrons. The highest BCUT2D eigenvalue weighted by Gasteiger charge is 2.25. The molecule has 1 aliphatic heterocycles. The van der Waals surface area contributed by atoms with Crippen LogP contribution in [-0.2, 0) is 17.6 Å². The summed E-state index contributed by atoms with van der Waals surface area (Å²) in [5.74, 6) is 0.544. The monoisotopic (exact) mass is 376 g/mol. The molecule has 3 heterocycles. The number of fused-ring (bicyclic) bond motifs is 3. The standard InChI is InChI=1S/C21H24N6O/c22-21-20-19(23-13-24-21)16-4-3-5-17(16)27(20)15-8-6-14(7-9-15)25-18(28)12-26-10-1-2-11-26/h6-9,13H,1-5,10-12H2,(H,25,28)(H2,22,23,24). The second kappa shape index (κ2) is 6.91. The van der Waals surface area contributed by atoms with Crippen molar-refractivity contribution in [3.05, 3.63) is 41.9 Å². The van der Waals surface area contributed by atoms with E-state index in [0.29, 0.717) is 12.4 Å². The van der Waals surface area contributed by atoms with Crippen molar-refractivity contribution in [2.75, 3.05) is 30.7 Å². The summed E-state index contributed by atoms with van der Waals surface area (Å²) in [6, 6.07) is 7.95. The highest BCUT2D eigenvalue weighted by atomic mass is 16.2. The quantitative estimate of drug-likeness (QED) is 0.730. The van der Waals surface area contributed by atoms with Gasteiger partial charge in [0.2, 0.25) is 5.91 Å². The summed E-state index contributed by atoms with van der Waals surface area (Å²) in [7, 11) is 0. The van der Waals surface area contributed by atoms with Crippen molar-refractivity contribution in [3.63, 3.8) is 0 Å². The molecule has 0 saturated carbocycles. The number of hydrogen-bond donors (Lipinski definition) is 2. The molecule has 0 bridgehead atoms. The second-order valence-electron chi connectivity index (χ2n) is 7.65. The van der Waals surface area contributed by atoms with Crippen molar-refractivity contribution in [1.82, 2.24) is 19.4 Å². The van der Waals surface area contributed by atoms with Crippen LogP contribution in [0.1, 0.15) is 30.5 Å². The van der Waals surface area contributed by atoms with E-state index in [0.717, 1.165) is 54.8 Å². The topological polar surface area (TPSA) is 89.1 Å². The lowest BCUT2D eigenvalue weighted by atomic mass is 10.2. The van der Waals surface area contributed by atoms with Gasteiger partial charge in [-0.3, -0.25) is 9.69 Å². The zero-order valence-electron chi connectivity index (χ0n) is 15.8. The van der Waals surface area contributed by atoms with Crippen LogP contribution in [0.2, 0.25) is 0 Å². The van der Waals surface area contributed by atoms with Gasteiger partial charge in [-0.15, -0.1) is 0 Å². The van der Waals surface area contributed by atoms with Crippen LogP contribution < -0.4 is 11.1 Å². The summed E-state index contributed by atoms with van der Waals surface area (Å²) >= 11 is 0. The average Bonchev–Trinajstić information content (AvgIpc) is 3.40. The van der Waals surface area contributed by atoms with Gasteiger partial charge in [-0.25, -0.2) is 9.97 Å². The number of nitrogens with zero attached hydrogens (tertiary/aromatic N) is 4. The smallest absolute Gasteiger partial charge is 0.238 e. The summed E-state index contributed by atoms with van der Waals surface area (Å²) in [6.07, 6.45) is 7.09. The first-order valence-corrected chi connectivity index (χ1v) is 9.96. The molecule has 3 aromatic rings. The number of aryl methyl sites for hydroxylation is 1. The third-order valence-electron chi connectivity index (χ3n) is 5.79. The van der Waals surface area contributed by atoms with Crippen LogP contribution in [-0.4, -0.2) is 45.0 Å². The molecule has 7 nitrogen and oxygen atoms in total. The Morgan fingerprint density at radius 2 is 1.86 bits per heavy atom. The van der Waals surface area contributed by atoms with Gasteiger partial charge in [0.05, 0.1) is 12.1 Å². The third-order valence-corrected chi connectivity index (χ3v) is 5.79. The zero-order chi connectivity index (χ0) is 19.1. The Hall–Kier alpha value is -2.93. The summed E-state index contributed by atoms with van der Waals surface area (Å²) < 4.78 is 2.18. The Balaban J connectivity index is 1.43. The summed E-state index contributed by atoms with van der Waals surface area (Å²) in [6.45, 7) is 2.49. The predicted octanol–water partition coefficient (Wildman–Crippen LogP) is 2.53. The molecule has 0 unspecified atom stereocenters. The van der Waals surface area contributed by atoms with E-state index in [9.17, 15) is 4.79 Å². The van der Waals surface area contributed by atoms with Crippen LogP contribution in [0.5, 0.6) is 0 Å². The number of nitrogen functional groups attached to an aromatic ring is 1. The summed E-state index contributed by atoms with van der Waals surface area (Å²) in [4.78, 5) is 23.1. The molecule has 7 heteroatoms. The lowest BCUT2D eigenvalue weighted by Crippen LogP contribution is -2.30. The molecule has 1 saturated heterocycles. The number of carbonyl (C=O) groups excluding carboxylic acids is 1. The van der Waals surface area contributed by atoms with E-state index in [2.05, 4.69) is 24.8 Å². The van der Waals surface area contributed by atoms with Gasteiger partial charge in [0.1, 0.15) is 11.8 Å². The lowest BCUT2D eigenvalue weighted by Gasteiger charge is -2.15. The summed E-state index contributed by atoms with van der Waals surface area (Å²) in [5, 5.41) is 3.00. The first kappa shape index (κ1) is 17.2. The Morgan fingerprint density at radius 3 is 2.64 bits per heavy atom. The van der Waals surface area contributed by atoms with Crippen molar-refractivity contribution >= 4 is 28.4 Å². The molecule has 0 spiro atoms. The van der Waals surface area contributed by atoms with Crippen LogP contribution in [0.4, 0.5) is 11.5 Å². The minimum absolute atomic E-state index is 0.0413. The first-order valence-electron chi connectivity index (χ1n) is 9.96. The highest BCUT2D eigenvalue weighted by molar-refractivity contribution is 5.93. The molecule has 5 rings (SSSR count). The van der Waals surface area contributed by atoms with E-state index >= 15 is 0 Å². The number of nitrogens with two attached hydrogens (primary N) is 1. The number of hydrogen-bond acceptors (Lipinski definition) is 5. The van der Waals surface area contributed by atoms with E-state index in [4.69, 9.17) is 5.73 Å². The van der Waals surface area contributed by atoms with Crippen molar-refractivity contribution in [2.45, 2.75) is 32.1 Å². The van der Waals surface area contributed by atoms with Crippen molar-refractivity contribution in [2.24, 2.45) is 0 Å². The third kappa shape index (κ3) is 2.92. The van der Waals surface area contributed by atoms with Gasteiger partial charge in [-0.05, 0) is 75.0 Å². The van der Waals surface area contributed by atoms with E-state index < -0.39 is 0 Å². The fourth-order valence-corrected chi connectivity index (χ4v) is 4.52. The molecule has 144 valence electrons. The van der Waals surface area contributed by atoms with E-state index in [-0.39, 0.29) is 5.91 Å². The molecule has 0 atom stereocenters. The normalized spacial score (nSPS) is 16.6. The van der Waals surface area contributed by atoms with Gasteiger partial charge >= 0.3 is 0 Å². The van der Waals surface area contributed by atoms with Gasteiger partial charge in [-0.1, -0.05) is 0 Å². The number of rotatable bonds is 4. The number of anilines is 2. The zero-order valence-corrected chi connectivity index (χ0v) is 15.8. The van der Waals surface area contributed by atoms with Crippen molar-refractivity contribution in [3.8, 4) is 5.69 Å². The highest BCUT2D eigenvalue weighted by Crippen LogP contribution is 2.36. The average molecular weight is 376 g/mol. The Labute approximate surface area is 163 Å². The molecule has 3 N–H and O–H groups in total. The van der Waals surface area contributed by atoms with E-state index in [1.807, 2.05) is 24.3 Å². The Morgan fingerprint density at radius 1 is 1.07 bits per heavy atom. The molecule has 1 fully saturated rings. The van der Waals surface area contributed by atoms with E-state index in [1.165, 1.54) is 24.1 Å². The predicted molar refractivity (Wildman–Crippen MR) is 110 cm³/mol. The van der Waals surface area contributed by atoms with Gasteiger partial charge in [0.25, 0.3) is 0 Å². The van der Waals surface area contributed by atoms with Crippen molar-refractivity contribution < 1.29 is 4.79 Å². The fraction of sp³-hybridized carbons (Fsp3) is 0.381. The van der Waals surface area contributed by atoms with Crippen LogP contribution in [0.25, 0.3) is 16.7 Å². The van der Waals surface area contributed by atoms with E-state index in [1.54, 1.807) is 6.33 Å². The minimum atomic E-state index is 0.0413. The summed E-state index contributed by atoms with van der Waals surface area (Å²) in [5.41, 5.74) is 12.4. The molecule has 28 heavy (non-hydrogen) atoms. The largest absolute Gasteiger partial charge is 0.382 e. The van der Waals surface area contributed by atoms with Gasteiger partial charge in [0, 0.05) is 17.1 Å². The lowest BCUT2D eigenvalue weighted by molar-refractivity contribution is -0.117. The molecule has 2 aliphatic rings. The molecule has 1 aliphatic carbocycles. The molecule has 1 aromatic carbocycles. The molecular weight excluding hydrogens is 352 g/mol. The SMILES string of the molecule is Nc1ncnc2c3c(n(-c4ccc(NC(=O)CN5CCCC5)cc4)c12)CCC3. The first-order chi connectivity index (χ1) is 13.7. The van der Waals surface area contributed by atoms with Gasteiger partial charge in [0.15, 0.2) is 5.82 Å². The number of aromatic nitrogens is 3. The maximum absolute atomic E-state index is 12.3. The Bertz CT molecular complexity index is 1030. The molecular formula is C21H24N6O. The maximum atomic E-state index is 12.3. The van der Waals surface area contributed by atoms with Crippen LogP contribution in [0, 0.1) is 0 Å².